The average Bonchev–Trinajstić information content (AvgIpc) is 2.45. The molecule has 0 bridgehead atoms. The Labute approximate surface area is 141 Å². The largest absolute Gasteiger partial charge is 0.490 e. The van der Waals surface area contributed by atoms with Crippen LogP contribution in [0.3, 0.4) is 0 Å². The molecule has 0 aliphatic heterocycles. The summed E-state index contributed by atoms with van der Waals surface area (Å²) in [5.41, 5.74) is 0.874. The summed E-state index contributed by atoms with van der Waals surface area (Å²) in [7, 11) is 0. The quantitative estimate of drug-likeness (QED) is 0.760. The van der Waals surface area contributed by atoms with Crippen LogP contribution in [0.2, 0.25) is 10.0 Å². The fourth-order valence-corrected chi connectivity index (χ4v) is 2.55. The molecule has 0 saturated carbocycles. The molecule has 0 heterocycles. The molecule has 3 nitrogen and oxygen atoms in total. The van der Waals surface area contributed by atoms with Crippen LogP contribution in [0, 0.1) is 0 Å². The average molecular weight is 389 g/mol. The van der Waals surface area contributed by atoms with E-state index in [1.165, 1.54) is 0 Å². The third-order valence-corrected chi connectivity index (χ3v) is 3.80. The Morgan fingerprint density at radius 2 is 2.00 bits per heavy atom. The summed E-state index contributed by atoms with van der Waals surface area (Å²) in [5, 5.41) is 3.58. The van der Waals surface area contributed by atoms with Crippen molar-refractivity contribution in [3.63, 3.8) is 0 Å². The van der Waals surface area contributed by atoms with E-state index in [1.807, 2.05) is 6.92 Å². The van der Waals surface area contributed by atoms with Crippen molar-refractivity contribution in [2.45, 2.75) is 6.92 Å². The van der Waals surface area contributed by atoms with Crippen molar-refractivity contribution in [2.24, 2.45) is 0 Å². The van der Waals surface area contributed by atoms with Crippen molar-refractivity contribution in [2.75, 3.05) is 11.9 Å². The molecule has 0 radical (unpaired) electrons. The second-order valence-electron chi connectivity index (χ2n) is 4.13. The minimum absolute atomic E-state index is 0.329. The molecule has 0 aliphatic carbocycles. The number of hydrogen-bond donors (Lipinski definition) is 1. The number of hydrogen-bond acceptors (Lipinski definition) is 2. The summed E-state index contributed by atoms with van der Waals surface area (Å²) >= 11 is 15.5. The van der Waals surface area contributed by atoms with E-state index in [4.69, 9.17) is 27.9 Å². The second kappa shape index (κ2) is 7.16. The van der Waals surface area contributed by atoms with Crippen LogP contribution in [0.4, 0.5) is 5.69 Å². The van der Waals surface area contributed by atoms with Gasteiger partial charge in [-0.3, -0.25) is 4.79 Å². The number of carbonyl (C=O) groups is 1. The predicted octanol–water partition coefficient (Wildman–Crippen LogP) is 5.41. The highest BCUT2D eigenvalue weighted by atomic mass is 79.9. The van der Waals surface area contributed by atoms with Crippen molar-refractivity contribution in [3.8, 4) is 5.75 Å². The van der Waals surface area contributed by atoms with E-state index in [0.717, 1.165) is 4.47 Å². The van der Waals surface area contributed by atoms with E-state index in [0.29, 0.717) is 33.7 Å². The lowest BCUT2D eigenvalue weighted by Crippen LogP contribution is -2.13. The standard InChI is InChI=1S/C15H12BrCl2NO2/c1-2-21-14-12(18)4-3-5-13(14)19-15(20)10-8-9(16)6-7-11(10)17/h3-8H,2H2,1H3,(H,19,20). The molecule has 2 aromatic rings. The van der Waals surface area contributed by atoms with E-state index < -0.39 is 0 Å². The highest BCUT2D eigenvalue weighted by Crippen LogP contribution is 2.33. The SMILES string of the molecule is CCOc1c(Cl)cccc1NC(=O)c1cc(Br)ccc1Cl. The van der Waals surface area contributed by atoms with Gasteiger partial charge in [-0.15, -0.1) is 0 Å². The van der Waals surface area contributed by atoms with Crippen LogP contribution in [-0.4, -0.2) is 12.5 Å². The summed E-state index contributed by atoms with van der Waals surface area (Å²) in [6, 6.07) is 10.2. The lowest BCUT2D eigenvalue weighted by molar-refractivity contribution is 0.102. The fourth-order valence-electron chi connectivity index (χ4n) is 1.76. The number of halogens is 3. The molecule has 0 atom stereocenters. The van der Waals surface area contributed by atoms with E-state index in [1.54, 1.807) is 36.4 Å². The number of nitrogens with one attached hydrogen (secondary N) is 1. The van der Waals surface area contributed by atoms with Gasteiger partial charge in [0.15, 0.2) is 5.75 Å². The van der Waals surface area contributed by atoms with E-state index in [2.05, 4.69) is 21.2 Å². The van der Waals surface area contributed by atoms with Gasteiger partial charge in [0.1, 0.15) is 0 Å². The molecule has 1 N–H and O–H groups in total. The summed E-state index contributed by atoms with van der Waals surface area (Å²) < 4.78 is 6.24. The molecule has 110 valence electrons. The Hall–Kier alpha value is -1.23. The minimum Gasteiger partial charge on any atom is -0.490 e. The molecule has 2 rings (SSSR count). The molecule has 21 heavy (non-hydrogen) atoms. The number of amides is 1. The van der Waals surface area contributed by atoms with Crippen LogP contribution < -0.4 is 10.1 Å². The fraction of sp³-hybridized carbons (Fsp3) is 0.133. The first kappa shape index (κ1) is 16.1. The lowest BCUT2D eigenvalue weighted by Gasteiger charge is -2.13. The lowest BCUT2D eigenvalue weighted by atomic mass is 10.2. The molecule has 0 fully saturated rings. The van der Waals surface area contributed by atoms with Crippen LogP contribution >= 0.6 is 39.1 Å². The van der Waals surface area contributed by atoms with Gasteiger partial charge in [0, 0.05) is 4.47 Å². The molecule has 6 heteroatoms. The number of anilines is 1. The predicted molar refractivity (Wildman–Crippen MR) is 89.7 cm³/mol. The molecular formula is C15H12BrCl2NO2. The Kier molecular flexibility index (Phi) is 5.51. The van der Waals surface area contributed by atoms with Gasteiger partial charge in [0.25, 0.3) is 5.91 Å². The first-order chi connectivity index (χ1) is 10.0. The van der Waals surface area contributed by atoms with Gasteiger partial charge in [0.2, 0.25) is 0 Å². The summed E-state index contributed by atoms with van der Waals surface area (Å²) in [5.74, 6) is 0.116. The Balaban J connectivity index is 2.31. The Morgan fingerprint density at radius 3 is 2.71 bits per heavy atom. The van der Waals surface area contributed by atoms with Crippen molar-refractivity contribution < 1.29 is 9.53 Å². The Bertz CT molecular complexity index is 677. The van der Waals surface area contributed by atoms with Crippen molar-refractivity contribution >= 4 is 50.7 Å². The van der Waals surface area contributed by atoms with Crippen molar-refractivity contribution in [1.82, 2.24) is 0 Å². The topological polar surface area (TPSA) is 38.3 Å². The monoisotopic (exact) mass is 387 g/mol. The zero-order valence-corrected chi connectivity index (χ0v) is 14.2. The zero-order valence-electron chi connectivity index (χ0n) is 11.1. The van der Waals surface area contributed by atoms with Crippen LogP contribution in [0.25, 0.3) is 0 Å². The van der Waals surface area contributed by atoms with Gasteiger partial charge in [-0.25, -0.2) is 0 Å². The van der Waals surface area contributed by atoms with E-state index >= 15 is 0 Å². The normalized spacial score (nSPS) is 10.3. The highest BCUT2D eigenvalue weighted by molar-refractivity contribution is 9.10. The number of para-hydroxylation sites is 1. The molecule has 0 unspecified atom stereocenters. The molecule has 0 aliphatic rings. The maximum Gasteiger partial charge on any atom is 0.257 e. The van der Waals surface area contributed by atoms with Gasteiger partial charge >= 0.3 is 0 Å². The van der Waals surface area contributed by atoms with Crippen LogP contribution in [-0.2, 0) is 0 Å². The minimum atomic E-state index is -0.329. The maximum absolute atomic E-state index is 12.3. The van der Waals surface area contributed by atoms with Crippen molar-refractivity contribution in [3.05, 3.63) is 56.5 Å². The molecular weight excluding hydrogens is 377 g/mol. The van der Waals surface area contributed by atoms with Gasteiger partial charge in [-0.1, -0.05) is 45.2 Å². The smallest absolute Gasteiger partial charge is 0.257 e. The molecule has 0 saturated heterocycles. The second-order valence-corrected chi connectivity index (χ2v) is 5.86. The molecule has 2 aromatic carbocycles. The van der Waals surface area contributed by atoms with Gasteiger partial charge in [-0.2, -0.15) is 0 Å². The molecule has 0 spiro atoms. The first-order valence-electron chi connectivity index (χ1n) is 6.20. The Morgan fingerprint density at radius 1 is 1.24 bits per heavy atom. The number of carbonyl (C=O) groups excluding carboxylic acids is 1. The first-order valence-corrected chi connectivity index (χ1v) is 7.75. The van der Waals surface area contributed by atoms with Gasteiger partial charge in [-0.05, 0) is 37.3 Å². The third kappa shape index (κ3) is 3.90. The van der Waals surface area contributed by atoms with E-state index in [9.17, 15) is 4.79 Å². The number of ether oxygens (including phenoxy) is 1. The van der Waals surface area contributed by atoms with Crippen LogP contribution in [0.1, 0.15) is 17.3 Å². The zero-order chi connectivity index (χ0) is 15.4. The summed E-state index contributed by atoms with van der Waals surface area (Å²) in [4.78, 5) is 12.3. The third-order valence-electron chi connectivity index (χ3n) is 2.68. The summed E-state index contributed by atoms with van der Waals surface area (Å²) in [6.07, 6.45) is 0. The maximum atomic E-state index is 12.3. The van der Waals surface area contributed by atoms with Crippen LogP contribution in [0.5, 0.6) is 5.75 Å². The molecule has 0 aromatic heterocycles. The molecule has 1 amide bonds. The number of benzene rings is 2. The van der Waals surface area contributed by atoms with Crippen molar-refractivity contribution in [1.29, 1.82) is 0 Å². The summed E-state index contributed by atoms with van der Waals surface area (Å²) in [6.45, 7) is 2.30. The van der Waals surface area contributed by atoms with E-state index in [-0.39, 0.29) is 5.91 Å². The van der Waals surface area contributed by atoms with Crippen LogP contribution in [0.15, 0.2) is 40.9 Å². The highest BCUT2D eigenvalue weighted by Gasteiger charge is 2.15. The number of rotatable bonds is 4. The van der Waals surface area contributed by atoms with Gasteiger partial charge in [0.05, 0.1) is 27.9 Å². The van der Waals surface area contributed by atoms with Gasteiger partial charge < -0.3 is 10.1 Å².